The van der Waals surface area contributed by atoms with Gasteiger partial charge in [0.25, 0.3) is 0 Å². The molecule has 2 unspecified atom stereocenters. The highest BCUT2D eigenvalue weighted by atomic mass is 16.5. The summed E-state index contributed by atoms with van der Waals surface area (Å²) in [6.07, 6.45) is 3.48. The van der Waals surface area contributed by atoms with Crippen molar-refractivity contribution in [2.45, 2.75) is 30.9 Å². The van der Waals surface area contributed by atoms with E-state index in [1.165, 1.54) is 17.5 Å². The smallest absolute Gasteiger partial charge is 0.0930 e. The molecule has 0 bridgehead atoms. The number of nitrogens with zero attached hydrogens (tertiary/aromatic N) is 1. The molecule has 104 valence electrons. The summed E-state index contributed by atoms with van der Waals surface area (Å²) in [4.78, 5) is 2.43. The van der Waals surface area contributed by atoms with Gasteiger partial charge in [-0.05, 0) is 49.9 Å². The second kappa shape index (κ2) is 4.89. The summed E-state index contributed by atoms with van der Waals surface area (Å²) in [5.74, 6) is 0.635. The predicted molar refractivity (Wildman–Crippen MR) is 76.9 cm³/mol. The highest BCUT2D eigenvalue weighted by Crippen LogP contribution is 2.49. The Balaban J connectivity index is 1.84. The van der Waals surface area contributed by atoms with Crippen LogP contribution in [0.4, 0.5) is 0 Å². The first kappa shape index (κ1) is 13.1. The number of hydrogen-bond donors (Lipinski definition) is 1. The first-order chi connectivity index (χ1) is 9.18. The van der Waals surface area contributed by atoms with Crippen LogP contribution in [-0.4, -0.2) is 32.1 Å². The van der Waals surface area contributed by atoms with E-state index in [9.17, 15) is 0 Å². The number of ether oxygens (including phenoxy) is 1. The van der Waals surface area contributed by atoms with Gasteiger partial charge in [-0.2, -0.15) is 0 Å². The second-order valence-corrected chi connectivity index (χ2v) is 6.12. The van der Waals surface area contributed by atoms with E-state index in [2.05, 4.69) is 36.2 Å². The van der Waals surface area contributed by atoms with Gasteiger partial charge in [-0.25, -0.2) is 0 Å². The third-order valence-corrected chi connectivity index (χ3v) is 4.86. The average Bonchev–Trinajstić information content (AvgIpc) is 3.16. The van der Waals surface area contributed by atoms with E-state index in [4.69, 9.17) is 10.5 Å². The maximum absolute atomic E-state index is 5.82. The molecule has 2 aliphatic rings. The third-order valence-electron chi connectivity index (χ3n) is 4.86. The van der Waals surface area contributed by atoms with Crippen LogP contribution in [0, 0.1) is 5.92 Å². The van der Waals surface area contributed by atoms with Gasteiger partial charge in [-0.15, -0.1) is 0 Å². The molecule has 1 saturated carbocycles. The Hall–Kier alpha value is -0.900. The fraction of sp³-hybridized carbons (Fsp3) is 0.625. The minimum Gasteiger partial charge on any atom is -0.374 e. The largest absolute Gasteiger partial charge is 0.374 e. The third kappa shape index (κ3) is 2.31. The average molecular weight is 260 g/mol. The van der Waals surface area contributed by atoms with Gasteiger partial charge in [0.15, 0.2) is 0 Å². The van der Waals surface area contributed by atoms with E-state index in [0.29, 0.717) is 12.0 Å². The molecule has 1 aromatic rings. The molecule has 2 N–H and O–H groups in total. The van der Waals surface area contributed by atoms with Crippen LogP contribution in [0.3, 0.4) is 0 Å². The van der Waals surface area contributed by atoms with E-state index >= 15 is 0 Å². The van der Waals surface area contributed by atoms with Crippen LogP contribution in [-0.2, 0) is 10.3 Å². The molecule has 0 aromatic heterocycles. The Bertz CT molecular complexity index is 456. The zero-order chi connectivity index (χ0) is 13.5. The molecule has 1 heterocycles. The quantitative estimate of drug-likeness (QED) is 0.902. The lowest BCUT2D eigenvalue weighted by atomic mass is 9.96. The molecule has 3 rings (SSSR count). The minimum atomic E-state index is 0.0143. The number of likely N-dealkylation sites (tertiary alicyclic amines) is 1. The summed E-state index contributed by atoms with van der Waals surface area (Å²) >= 11 is 0. The molecule has 2 atom stereocenters. The van der Waals surface area contributed by atoms with Gasteiger partial charge in [0.2, 0.25) is 0 Å². The summed E-state index contributed by atoms with van der Waals surface area (Å²) < 4.78 is 5.69. The van der Waals surface area contributed by atoms with Crippen LogP contribution in [0.2, 0.25) is 0 Å². The molecule has 0 amide bonds. The molecular weight excluding hydrogens is 236 g/mol. The Morgan fingerprint density at radius 1 is 1.42 bits per heavy atom. The van der Waals surface area contributed by atoms with Crippen LogP contribution in [0.1, 0.15) is 36.4 Å². The molecule has 0 spiro atoms. The van der Waals surface area contributed by atoms with Gasteiger partial charge in [0.05, 0.1) is 5.60 Å². The van der Waals surface area contributed by atoms with Gasteiger partial charge in [-0.1, -0.05) is 24.3 Å². The van der Waals surface area contributed by atoms with Crippen molar-refractivity contribution >= 4 is 0 Å². The van der Waals surface area contributed by atoms with Crippen molar-refractivity contribution in [2.75, 3.05) is 27.2 Å². The molecule has 1 aromatic carbocycles. The topological polar surface area (TPSA) is 38.5 Å². The molecule has 1 saturated heterocycles. The fourth-order valence-corrected chi connectivity index (χ4v) is 3.42. The Morgan fingerprint density at radius 2 is 2.21 bits per heavy atom. The lowest BCUT2D eigenvalue weighted by molar-refractivity contribution is 0.0787. The molecule has 1 aliphatic carbocycles. The first-order valence-corrected chi connectivity index (χ1v) is 7.24. The highest BCUT2D eigenvalue weighted by Gasteiger charge is 2.45. The standard InChI is InChI=1S/C16H24N2O/c1-18-11-12(10-17)8-15(18)13-4-3-5-14(9-13)16(19-2)6-7-16/h3-5,9,12,15H,6-8,10-11,17H2,1-2H3. The van der Waals surface area contributed by atoms with E-state index in [1.54, 1.807) is 0 Å². The molecule has 3 nitrogen and oxygen atoms in total. The van der Waals surface area contributed by atoms with Crippen molar-refractivity contribution in [1.82, 2.24) is 4.90 Å². The molecular formula is C16H24N2O. The monoisotopic (exact) mass is 260 g/mol. The summed E-state index contributed by atoms with van der Waals surface area (Å²) in [6, 6.07) is 9.48. The van der Waals surface area contributed by atoms with E-state index in [-0.39, 0.29) is 5.60 Å². The van der Waals surface area contributed by atoms with Crippen molar-refractivity contribution < 1.29 is 4.74 Å². The van der Waals surface area contributed by atoms with Crippen molar-refractivity contribution in [3.63, 3.8) is 0 Å². The SMILES string of the molecule is COC1(c2cccc(C3CC(CN)CN3C)c2)CC1. The lowest BCUT2D eigenvalue weighted by Gasteiger charge is -2.22. The fourth-order valence-electron chi connectivity index (χ4n) is 3.42. The lowest BCUT2D eigenvalue weighted by Crippen LogP contribution is -2.20. The minimum absolute atomic E-state index is 0.0143. The van der Waals surface area contributed by atoms with Gasteiger partial charge < -0.3 is 10.5 Å². The predicted octanol–water partition coefficient (Wildman–Crippen LogP) is 2.27. The molecule has 19 heavy (non-hydrogen) atoms. The summed E-state index contributed by atoms with van der Waals surface area (Å²) in [7, 11) is 4.03. The van der Waals surface area contributed by atoms with Gasteiger partial charge >= 0.3 is 0 Å². The van der Waals surface area contributed by atoms with E-state index in [0.717, 1.165) is 25.9 Å². The number of methoxy groups -OCH3 is 1. The zero-order valence-corrected chi connectivity index (χ0v) is 11.9. The molecule has 1 aliphatic heterocycles. The second-order valence-electron chi connectivity index (χ2n) is 6.12. The maximum Gasteiger partial charge on any atom is 0.0930 e. The van der Waals surface area contributed by atoms with E-state index < -0.39 is 0 Å². The first-order valence-electron chi connectivity index (χ1n) is 7.24. The van der Waals surface area contributed by atoms with Gasteiger partial charge in [-0.3, -0.25) is 4.90 Å². The Morgan fingerprint density at radius 3 is 2.79 bits per heavy atom. The highest BCUT2D eigenvalue weighted by molar-refractivity contribution is 5.34. The molecule has 2 fully saturated rings. The molecule has 3 heteroatoms. The number of rotatable bonds is 4. The van der Waals surface area contributed by atoms with Crippen molar-refractivity contribution in [3.05, 3.63) is 35.4 Å². The number of hydrogen-bond acceptors (Lipinski definition) is 3. The maximum atomic E-state index is 5.82. The summed E-state index contributed by atoms with van der Waals surface area (Å²) in [5.41, 5.74) is 8.60. The number of nitrogens with two attached hydrogens (primary N) is 1. The van der Waals surface area contributed by atoms with Crippen LogP contribution >= 0.6 is 0 Å². The van der Waals surface area contributed by atoms with Crippen LogP contribution < -0.4 is 5.73 Å². The normalized spacial score (nSPS) is 29.6. The summed E-state index contributed by atoms with van der Waals surface area (Å²) in [6.45, 7) is 1.91. The van der Waals surface area contributed by atoms with Crippen molar-refractivity contribution in [2.24, 2.45) is 11.7 Å². The van der Waals surface area contributed by atoms with Crippen LogP contribution in [0.5, 0.6) is 0 Å². The zero-order valence-electron chi connectivity index (χ0n) is 11.9. The molecule has 0 radical (unpaired) electrons. The van der Waals surface area contributed by atoms with Gasteiger partial charge in [0.1, 0.15) is 0 Å². The number of benzene rings is 1. The van der Waals surface area contributed by atoms with Crippen molar-refractivity contribution in [1.29, 1.82) is 0 Å². The Labute approximate surface area is 115 Å². The van der Waals surface area contributed by atoms with Crippen molar-refractivity contribution in [3.8, 4) is 0 Å². The van der Waals surface area contributed by atoms with Crippen LogP contribution in [0.15, 0.2) is 24.3 Å². The van der Waals surface area contributed by atoms with Gasteiger partial charge in [0, 0.05) is 19.7 Å². The van der Waals surface area contributed by atoms with Crippen LogP contribution in [0.25, 0.3) is 0 Å². The Kier molecular flexibility index (Phi) is 3.37. The van der Waals surface area contributed by atoms with E-state index in [1.807, 2.05) is 7.11 Å². The summed E-state index contributed by atoms with van der Waals surface area (Å²) in [5, 5.41) is 0.